The third-order valence-electron chi connectivity index (χ3n) is 3.51. The second-order valence-corrected chi connectivity index (χ2v) is 7.43. The fourth-order valence-corrected chi connectivity index (χ4v) is 3.14. The maximum absolute atomic E-state index is 12.3. The normalized spacial score (nSPS) is 11.6. The van der Waals surface area contributed by atoms with E-state index < -0.39 is 22.0 Å². The lowest BCUT2D eigenvalue weighted by molar-refractivity contribution is -0.139. The number of carbonyl (C=O) groups is 2. The molecule has 2 rings (SSSR count). The largest absolute Gasteiger partial charge is 0.461 e. The molecule has 0 fully saturated rings. The van der Waals surface area contributed by atoms with Crippen LogP contribution in [0.2, 0.25) is 0 Å². The molecule has 0 saturated carbocycles. The van der Waals surface area contributed by atoms with Gasteiger partial charge in [0.05, 0.1) is 6.61 Å². The fraction of sp³-hybridized carbons (Fsp3) is 0.200. The van der Waals surface area contributed by atoms with Crippen LogP contribution >= 0.6 is 0 Å². The number of esters is 1. The van der Waals surface area contributed by atoms with E-state index in [-0.39, 0.29) is 22.9 Å². The van der Waals surface area contributed by atoms with Gasteiger partial charge >= 0.3 is 16.1 Å². The molecular formula is C20H21NO6S. The first kappa shape index (κ1) is 21.2. The summed E-state index contributed by atoms with van der Waals surface area (Å²) in [6.45, 7) is 4.96. The molecule has 0 unspecified atom stereocenters. The maximum atomic E-state index is 12.3. The molecule has 0 heterocycles. The van der Waals surface area contributed by atoms with Gasteiger partial charge in [-0.05, 0) is 49.8 Å². The van der Waals surface area contributed by atoms with Crippen molar-refractivity contribution < 1.29 is 26.9 Å². The molecule has 2 aromatic rings. The molecule has 0 aliphatic carbocycles. The molecule has 0 aromatic heterocycles. The monoisotopic (exact) mass is 403 g/mol. The van der Waals surface area contributed by atoms with Crippen molar-refractivity contribution in [1.82, 2.24) is 5.32 Å². The Morgan fingerprint density at radius 1 is 1.04 bits per heavy atom. The molecule has 148 valence electrons. The predicted octanol–water partition coefficient (Wildman–Crippen LogP) is 2.80. The first-order chi connectivity index (χ1) is 13.2. The van der Waals surface area contributed by atoms with Crippen molar-refractivity contribution in [2.45, 2.75) is 25.7 Å². The Hall–Kier alpha value is -3.13. The van der Waals surface area contributed by atoms with Crippen molar-refractivity contribution in [3.8, 4) is 5.75 Å². The van der Waals surface area contributed by atoms with Crippen LogP contribution in [0.1, 0.15) is 25.0 Å². The van der Waals surface area contributed by atoms with Gasteiger partial charge in [0.1, 0.15) is 16.3 Å². The van der Waals surface area contributed by atoms with E-state index in [1.807, 2.05) is 6.92 Å². The van der Waals surface area contributed by atoms with Crippen LogP contribution in [0.3, 0.4) is 0 Å². The highest BCUT2D eigenvalue weighted by atomic mass is 32.2. The van der Waals surface area contributed by atoms with Gasteiger partial charge in [-0.15, -0.1) is 0 Å². The lowest BCUT2D eigenvalue weighted by Gasteiger charge is -2.09. The predicted molar refractivity (Wildman–Crippen MR) is 104 cm³/mol. The number of nitrogens with one attached hydrogen (secondary N) is 1. The van der Waals surface area contributed by atoms with Crippen molar-refractivity contribution in [3.05, 3.63) is 65.4 Å². The zero-order valence-electron chi connectivity index (χ0n) is 15.8. The smallest absolute Gasteiger partial charge is 0.354 e. The van der Waals surface area contributed by atoms with Crippen molar-refractivity contribution in [1.29, 1.82) is 0 Å². The lowest BCUT2D eigenvalue weighted by atomic mass is 10.2. The summed E-state index contributed by atoms with van der Waals surface area (Å²) >= 11 is 0. The van der Waals surface area contributed by atoms with Crippen LogP contribution in [0.25, 0.3) is 6.08 Å². The summed E-state index contributed by atoms with van der Waals surface area (Å²) in [6.07, 6.45) is 1.43. The standard InChI is InChI=1S/C20H21NO6S/c1-4-26-20(23)19(21-15(3)22)13-16-7-9-17(10-8-16)27-28(24,25)18-11-5-14(2)6-12-18/h5-13H,4H2,1-3H3,(H,21,22)/b19-13+. The highest BCUT2D eigenvalue weighted by Gasteiger charge is 2.16. The van der Waals surface area contributed by atoms with Crippen LogP contribution in [-0.2, 0) is 24.4 Å². The van der Waals surface area contributed by atoms with Crippen molar-refractivity contribution in [3.63, 3.8) is 0 Å². The molecule has 0 atom stereocenters. The summed E-state index contributed by atoms with van der Waals surface area (Å²) in [5, 5.41) is 2.41. The van der Waals surface area contributed by atoms with Crippen LogP contribution < -0.4 is 9.50 Å². The highest BCUT2D eigenvalue weighted by Crippen LogP contribution is 2.20. The molecule has 0 spiro atoms. The van der Waals surface area contributed by atoms with Gasteiger partial charge in [-0.25, -0.2) is 4.79 Å². The van der Waals surface area contributed by atoms with Gasteiger partial charge in [0.25, 0.3) is 0 Å². The van der Waals surface area contributed by atoms with E-state index in [9.17, 15) is 18.0 Å². The van der Waals surface area contributed by atoms with Crippen LogP contribution in [0, 0.1) is 6.92 Å². The van der Waals surface area contributed by atoms with Crippen LogP contribution in [0.15, 0.2) is 59.1 Å². The number of aryl methyl sites for hydroxylation is 1. The Morgan fingerprint density at radius 2 is 1.64 bits per heavy atom. The highest BCUT2D eigenvalue weighted by molar-refractivity contribution is 7.87. The zero-order chi connectivity index (χ0) is 20.7. The number of amides is 1. The summed E-state index contributed by atoms with van der Waals surface area (Å²) in [4.78, 5) is 23.2. The second-order valence-electron chi connectivity index (χ2n) is 5.88. The number of carbonyl (C=O) groups excluding carboxylic acids is 2. The molecular weight excluding hydrogens is 382 g/mol. The zero-order valence-corrected chi connectivity index (χ0v) is 16.6. The van der Waals surface area contributed by atoms with Crippen molar-refractivity contribution in [2.75, 3.05) is 6.61 Å². The minimum atomic E-state index is -3.95. The first-order valence-corrected chi connectivity index (χ1v) is 9.89. The van der Waals surface area contributed by atoms with Crippen LogP contribution in [0.5, 0.6) is 5.75 Å². The molecule has 7 nitrogen and oxygen atoms in total. The van der Waals surface area contributed by atoms with Gasteiger partial charge in [0.2, 0.25) is 5.91 Å². The summed E-state index contributed by atoms with van der Waals surface area (Å²) in [5.41, 5.74) is 1.47. The molecule has 0 saturated heterocycles. The van der Waals surface area contributed by atoms with E-state index in [1.165, 1.54) is 37.3 Å². The van der Waals surface area contributed by atoms with Gasteiger partial charge in [0.15, 0.2) is 0 Å². The van der Waals surface area contributed by atoms with Crippen LogP contribution in [-0.4, -0.2) is 26.9 Å². The second kappa shape index (κ2) is 9.18. The topological polar surface area (TPSA) is 98.8 Å². The Kier molecular flexibility index (Phi) is 6.94. The average molecular weight is 403 g/mol. The van der Waals surface area contributed by atoms with E-state index in [0.717, 1.165) is 5.56 Å². The average Bonchev–Trinajstić information content (AvgIpc) is 2.62. The van der Waals surface area contributed by atoms with E-state index in [2.05, 4.69) is 5.32 Å². The molecule has 8 heteroatoms. The van der Waals surface area contributed by atoms with E-state index >= 15 is 0 Å². The van der Waals surface area contributed by atoms with E-state index in [4.69, 9.17) is 8.92 Å². The summed E-state index contributed by atoms with van der Waals surface area (Å²) < 4.78 is 34.7. The van der Waals surface area contributed by atoms with Gasteiger partial charge in [-0.1, -0.05) is 29.8 Å². The van der Waals surface area contributed by atoms with Crippen LogP contribution in [0.4, 0.5) is 0 Å². The lowest BCUT2D eigenvalue weighted by Crippen LogP contribution is -2.26. The Labute approximate surface area is 164 Å². The number of hydrogen-bond donors (Lipinski definition) is 1. The minimum absolute atomic E-state index is 0.0182. The Morgan fingerprint density at radius 3 is 2.18 bits per heavy atom. The molecule has 1 N–H and O–H groups in total. The number of rotatable bonds is 7. The maximum Gasteiger partial charge on any atom is 0.354 e. The van der Waals surface area contributed by atoms with Crippen molar-refractivity contribution in [2.24, 2.45) is 0 Å². The van der Waals surface area contributed by atoms with E-state index in [1.54, 1.807) is 31.2 Å². The third-order valence-corrected chi connectivity index (χ3v) is 4.77. The fourth-order valence-electron chi connectivity index (χ4n) is 2.21. The molecule has 0 aliphatic heterocycles. The Balaban J connectivity index is 2.20. The third kappa shape index (κ3) is 5.95. The number of hydrogen-bond acceptors (Lipinski definition) is 6. The van der Waals surface area contributed by atoms with Gasteiger partial charge in [-0.2, -0.15) is 8.42 Å². The van der Waals surface area contributed by atoms with Gasteiger partial charge in [0, 0.05) is 6.92 Å². The number of ether oxygens (including phenoxy) is 1. The number of benzene rings is 2. The Bertz CT molecular complexity index is 976. The summed E-state index contributed by atoms with van der Waals surface area (Å²) in [5.74, 6) is -0.960. The van der Waals surface area contributed by atoms with E-state index in [0.29, 0.717) is 5.56 Å². The summed E-state index contributed by atoms with van der Waals surface area (Å²) in [6, 6.07) is 12.3. The molecule has 0 bridgehead atoms. The van der Waals surface area contributed by atoms with Gasteiger partial charge in [-0.3, -0.25) is 4.79 Å². The molecule has 0 radical (unpaired) electrons. The van der Waals surface area contributed by atoms with Crippen molar-refractivity contribution >= 4 is 28.1 Å². The molecule has 0 aliphatic rings. The summed E-state index contributed by atoms with van der Waals surface area (Å²) in [7, 11) is -3.95. The van der Waals surface area contributed by atoms with Gasteiger partial charge < -0.3 is 14.2 Å². The quantitative estimate of drug-likeness (QED) is 0.434. The molecule has 1 amide bonds. The minimum Gasteiger partial charge on any atom is -0.461 e. The first-order valence-electron chi connectivity index (χ1n) is 8.49. The molecule has 2 aromatic carbocycles. The molecule has 28 heavy (non-hydrogen) atoms. The SMILES string of the molecule is CCOC(=O)/C(=C\c1ccc(OS(=O)(=O)c2ccc(C)cc2)cc1)NC(C)=O.